The van der Waals surface area contributed by atoms with E-state index in [4.69, 9.17) is 12.2 Å². The van der Waals surface area contributed by atoms with Crippen LogP contribution < -0.4 is 10.6 Å². The number of nitrogens with two attached hydrogens (primary N) is 1. The molecule has 0 spiro atoms. The van der Waals surface area contributed by atoms with E-state index in [0.29, 0.717) is 12.0 Å². The maximum Gasteiger partial charge on any atom is 0.248 e. The molecule has 0 unspecified atom stereocenters. The van der Waals surface area contributed by atoms with Crippen LogP contribution in [0.2, 0.25) is 0 Å². The lowest BCUT2D eigenvalue weighted by atomic mass is 10.2. The third kappa shape index (κ3) is 3.03. The van der Waals surface area contributed by atoms with E-state index in [2.05, 4.69) is 5.92 Å². The number of nitrogens with zero attached hydrogens (tertiary/aromatic N) is 1. The van der Waals surface area contributed by atoms with Crippen molar-refractivity contribution in [3.05, 3.63) is 29.8 Å². The Morgan fingerprint density at radius 3 is 2.53 bits per heavy atom. The lowest BCUT2D eigenvalue weighted by molar-refractivity contribution is 0.100. The molecule has 15 heavy (non-hydrogen) atoms. The molecule has 0 aliphatic heterocycles. The van der Waals surface area contributed by atoms with Gasteiger partial charge in [0.2, 0.25) is 5.91 Å². The second-order valence-corrected chi connectivity index (χ2v) is 3.29. The molecular formula is C12H14N2O. The number of rotatable bonds is 4. The lowest BCUT2D eigenvalue weighted by Crippen LogP contribution is -2.18. The average molecular weight is 202 g/mol. The SMILES string of the molecule is C#CCCN(C)c1ccc(C(N)=O)cc1. The van der Waals surface area contributed by atoms with Gasteiger partial charge in [-0.25, -0.2) is 0 Å². The van der Waals surface area contributed by atoms with Crippen LogP contribution >= 0.6 is 0 Å². The Balaban J connectivity index is 2.71. The van der Waals surface area contributed by atoms with Crippen molar-refractivity contribution in [2.45, 2.75) is 6.42 Å². The molecule has 0 aliphatic carbocycles. The van der Waals surface area contributed by atoms with Crippen LogP contribution in [0, 0.1) is 12.3 Å². The molecule has 0 bridgehead atoms. The molecule has 1 rings (SSSR count). The number of carbonyl (C=O) groups excluding carboxylic acids is 1. The summed E-state index contributed by atoms with van der Waals surface area (Å²) in [6.07, 6.45) is 5.88. The quantitative estimate of drug-likeness (QED) is 0.747. The number of hydrogen-bond donors (Lipinski definition) is 1. The van der Waals surface area contributed by atoms with E-state index >= 15 is 0 Å². The molecule has 1 aromatic carbocycles. The molecule has 2 N–H and O–H groups in total. The molecule has 0 aliphatic rings. The minimum Gasteiger partial charge on any atom is -0.374 e. The van der Waals surface area contributed by atoms with Crippen molar-refractivity contribution in [2.75, 3.05) is 18.5 Å². The molecule has 1 aromatic rings. The predicted molar refractivity (Wildman–Crippen MR) is 61.7 cm³/mol. The second kappa shape index (κ2) is 5.06. The summed E-state index contributed by atoms with van der Waals surface area (Å²) in [6, 6.07) is 7.14. The van der Waals surface area contributed by atoms with Crippen LogP contribution in [0.5, 0.6) is 0 Å². The Hall–Kier alpha value is -1.95. The number of amides is 1. The monoisotopic (exact) mass is 202 g/mol. The van der Waals surface area contributed by atoms with Gasteiger partial charge in [-0.2, -0.15) is 0 Å². The second-order valence-electron chi connectivity index (χ2n) is 3.29. The molecular weight excluding hydrogens is 188 g/mol. The highest BCUT2D eigenvalue weighted by Crippen LogP contribution is 2.13. The van der Waals surface area contributed by atoms with Gasteiger partial charge in [0.1, 0.15) is 0 Å². The van der Waals surface area contributed by atoms with E-state index in [-0.39, 0.29) is 0 Å². The van der Waals surface area contributed by atoms with Gasteiger partial charge in [0.15, 0.2) is 0 Å². The first-order valence-electron chi connectivity index (χ1n) is 4.69. The standard InChI is InChI=1S/C12H14N2O/c1-3-4-9-14(2)11-7-5-10(6-8-11)12(13)15/h1,5-8H,4,9H2,2H3,(H2,13,15). The van der Waals surface area contributed by atoms with Gasteiger partial charge in [-0.1, -0.05) is 0 Å². The number of anilines is 1. The molecule has 3 nitrogen and oxygen atoms in total. The summed E-state index contributed by atoms with van der Waals surface area (Å²) in [5, 5.41) is 0. The first-order valence-corrected chi connectivity index (χ1v) is 4.69. The number of primary amides is 1. The van der Waals surface area contributed by atoms with Crippen molar-refractivity contribution < 1.29 is 4.79 Å². The normalized spacial score (nSPS) is 9.33. The van der Waals surface area contributed by atoms with Crippen LogP contribution in [-0.4, -0.2) is 19.5 Å². The van der Waals surface area contributed by atoms with E-state index in [1.165, 1.54) is 0 Å². The third-order valence-corrected chi connectivity index (χ3v) is 2.18. The highest BCUT2D eigenvalue weighted by Gasteiger charge is 2.02. The number of hydrogen-bond acceptors (Lipinski definition) is 2. The number of carbonyl (C=O) groups is 1. The highest BCUT2D eigenvalue weighted by atomic mass is 16.1. The summed E-state index contributed by atoms with van der Waals surface area (Å²) < 4.78 is 0. The lowest BCUT2D eigenvalue weighted by Gasteiger charge is -2.17. The summed E-state index contributed by atoms with van der Waals surface area (Å²) in [5.74, 6) is 2.17. The minimum absolute atomic E-state index is 0.409. The Morgan fingerprint density at radius 2 is 2.07 bits per heavy atom. The summed E-state index contributed by atoms with van der Waals surface area (Å²) >= 11 is 0. The fourth-order valence-corrected chi connectivity index (χ4v) is 1.24. The number of benzene rings is 1. The zero-order valence-electron chi connectivity index (χ0n) is 8.73. The molecule has 0 radical (unpaired) electrons. The minimum atomic E-state index is -0.409. The predicted octanol–water partition coefficient (Wildman–Crippen LogP) is 1.24. The van der Waals surface area contributed by atoms with E-state index in [0.717, 1.165) is 12.2 Å². The molecule has 1 amide bonds. The molecule has 0 heterocycles. The molecule has 0 saturated carbocycles. The van der Waals surface area contributed by atoms with Crippen molar-refractivity contribution >= 4 is 11.6 Å². The zero-order valence-corrected chi connectivity index (χ0v) is 8.73. The molecule has 0 atom stereocenters. The van der Waals surface area contributed by atoms with Crippen LogP contribution in [0.1, 0.15) is 16.8 Å². The van der Waals surface area contributed by atoms with Gasteiger partial charge in [-0.05, 0) is 24.3 Å². The van der Waals surface area contributed by atoms with Crippen LogP contribution in [-0.2, 0) is 0 Å². The maximum absolute atomic E-state index is 10.8. The van der Waals surface area contributed by atoms with Gasteiger partial charge in [0.25, 0.3) is 0 Å². The van der Waals surface area contributed by atoms with Gasteiger partial charge < -0.3 is 10.6 Å². The Kier molecular flexibility index (Phi) is 3.75. The van der Waals surface area contributed by atoms with E-state index in [9.17, 15) is 4.79 Å². The summed E-state index contributed by atoms with van der Waals surface area (Å²) in [4.78, 5) is 12.9. The molecule has 3 heteroatoms. The van der Waals surface area contributed by atoms with Gasteiger partial charge in [-0.15, -0.1) is 12.3 Å². The maximum atomic E-state index is 10.8. The van der Waals surface area contributed by atoms with Crippen molar-refractivity contribution in [1.29, 1.82) is 0 Å². The van der Waals surface area contributed by atoms with Gasteiger partial charge in [0, 0.05) is 31.3 Å². The summed E-state index contributed by atoms with van der Waals surface area (Å²) in [6.45, 7) is 0.798. The van der Waals surface area contributed by atoms with Crippen molar-refractivity contribution in [3.8, 4) is 12.3 Å². The highest BCUT2D eigenvalue weighted by molar-refractivity contribution is 5.93. The van der Waals surface area contributed by atoms with Crippen LogP contribution in [0.15, 0.2) is 24.3 Å². The Morgan fingerprint density at radius 1 is 1.47 bits per heavy atom. The van der Waals surface area contributed by atoms with Crippen LogP contribution in [0.3, 0.4) is 0 Å². The number of terminal acetylenes is 1. The fourth-order valence-electron chi connectivity index (χ4n) is 1.24. The molecule has 0 saturated heterocycles. The van der Waals surface area contributed by atoms with Crippen molar-refractivity contribution in [2.24, 2.45) is 5.73 Å². The van der Waals surface area contributed by atoms with Crippen molar-refractivity contribution in [1.82, 2.24) is 0 Å². The van der Waals surface area contributed by atoms with Gasteiger partial charge in [-0.3, -0.25) is 4.79 Å². The van der Waals surface area contributed by atoms with E-state index in [1.54, 1.807) is 12.1 Å². The molecule has 78 valence electrons. The van der Waals surface area contributed by atoms with Gasteiger partial charge >= 0.3 is 0 Å². The first-order chi connectivity index (χ1) is 7.15. The summed E-state index contributed by atoms with van der Waals surface area (Å²) in [5.41, 5.74) is 6.68. The molecule has 0 fully saturated rings. The van der Waals surface area contributed by atoms with Crippen molar-refractivity contribution in [3.63, 3.8) is 0 Å². The van der Waals surface area contributed by atoms with Crippen LogP contribution in [0.4, 0.5) is 5.69 Å². The third-order valence-electron chi connectivity index (χ3n) is 2.18. The van der Waals surface area contributed by atoms with E-state index < -0.39 is 5.91 Å². The topological polar surface area (TPSA) is 46.3 Å². The smallest absolute Gasteiger partial charge is 0.248 e. The first kappa shape index (κ1) is 11.1. The van der Waals surface area contributed by atoms with E-state index in [1.807, 2.05) is 24.1 Å². The fraction of sp³-hybridized carbons (Fsp3) is 0.250. The summed E-state index contributed by atoms with van der Waals surface area (Å²) in [7, 11) is 1.95. The van der Waals surface area contributed by atoms with Gasteiger partial charge in [0.05, 0.1) is 0 Å². The average Bonchev–Trinajstić information content (AvgIpc) is 2.26. The Bertz CT molecular complexity index is 376. The molecule has 0 aromatic heterocycles. The largest absolute Gasteiger partial charge is 0.374 e. The van der Waals surface area contributed by atoms with Crippen LogP contribution in [0.25, 0.3) is 0 Å². The zero-order chi connectivity index (χ0) is 11.3. The Labute approximate surface area is 89.9 Å².